The minimum atomic E-state index is 0.134. The predicted molar refractivity (Wildman–Crippen MR) is 82.5 cm³/mol. The van der Waals surface area contributed by atoms with Crippen molar-refractivity contribution in [2.75, 3.05) is 19.7 Å². The van der Waals surface area contributed by atoms with Gasteiger partial charge in [0, 0.05) is 23.6 Å². The largest absolute Gasteiger partial charge is 0.378 e. The summed E-state index contributed by atoms with van der Waals surface area (Å²) in [6.07, 6.45) is 4.58. The van der Waals surface area contributed by atoms with E-state index in [2.05, 4.69) is 10.3 Å². The molecule has 0 saturated carbocycles. The molecule has 21 heavy (non-hydrogen) atoms. The number of piperidine rings is 1. The Morgan fingerprint density at radius 2 is 2.14 bits per heavy atom. The van der Waals surface area contributed by atoms with Crippen LogP contribution in [0.25, 0.3) is 10.9 Å². The number of nitrogens with zero attached hydrogens (tertiary/aromatic N) is 1. The van der Waals surface area contributed by atoms with Crippen molar-refractivity contribution in [3.05, 3.63) is 42.1 Å². The number of aromatic nitrogens is 1. The molecule has 4 heteroatoms. The lowest BCUT2D eigenvalue weighted by atomic mass is 10.1. The highest BCUT2D eigenvalue weighted by Crippen LogP contribution is 2.15. The van der Waals surface area contributed by atoms with E-state index in [-0.39, 0.29) is 5.78 Å². The molecule has 2 heterocycles. The molecular formula is C17H20N2O2. The first-order valence-electron chi connectivity index (χ1n) is 7.53. The summed E-state index contributed by atoms with van der Waals surface area (Å²) in [7, 11) is 0. The standard InChI is InChI=1S/C17H20N2O2/c20-17(7-11-21-15-5-9-18-10-6-15)14-3-4-16-13(12-14)2-1-8-19-16/h1-4,8,12,15,18H,5-7,9-11H2. The zero-order valence-electron chi connectivity index (χ0n) is 12.0. The molecule has 0 radical (unpaired) electrons. The molecule has 1 aromatic carbocycles. The highest BCUT2D eigenvalue weighted by Gasteiger charge is 2.14. The summed E-state index contributed by atoms with van der Waals surface area (Å²) in [6.45, 7) is 2.53. The number of benzene rings is 1. The van der Waals surface area contributed by atoms with E-state index < -0.39 is 0 Å². The summed E-state index contributed by atoms with van der Waals surface area (Å²) >= 11 is 0. The molecule has 4 nitrogen and oxygen atoms in total. The fourth-order valence-corrected chi connectivity index (χ4v) is 2.67. The summed E-state index contributed by atoms with van der Waals surface area (Å²) in [6, 6.07) is 9.52. The highest BCUT2D eigenvalue weighted by atomic mass is 16.5. The Morgan fingerprint density at radius 3 is 3.00 bits per heavy atom. The molecule has 1 aromatic heterocycles. The van der Waals surface area contributed by atoms with Crippen molar-refractivity contribution < 1.29 is 9.53 Å². The lowest BCUT2D eigenvalue weighted by Crippen LogP contribution is -2.32. The quantitative estimate of drug-likeness (QED) is 0.857. The average Bonchev–Trinajstić information content (AvgIpc) is 2.55. The van der Waals surface area contributed by atoms with Gasteiger partial charge in [-0.15, -0.1) is 0 Å². The molecule has 0 amide bonds. The van der Waals surface area contributed by atoms with E-state index >= 15 is 0 Å². The third-order valence-electron chi connectivity index (χ3n) is 3.89. The lowest BCUT2D eigenvalue weighted by molar-refractivity contribution is 0.0313. The van der Waals surface area contributed by atoms with E-state index in [0.717, 1.165) is 42.4 Å². The van der Waals surface area contributed by atoms with Gasteiger partial charge in [0.2, 0.25) is 0 Å². The Labute approximate surface area is 124 Å². The summed E-state index contributed by atoms with van der Waals surface area (Å²) in [5, 5.41) is 4.31. The van der Waals surface area contributed by atoms with Crippen molar-refractivity contribution in [1.29, 1.82) is 0 Å². The van der Waals surface area contributed by atoms with Gasteiger partial charge in [0.05, 0.1) is 18.2 Å². The zero-order valence-corrected chi connectivity index (χ0v) is 12.0. The van der Waals surface area contributed by atoms with Gasteiger partial charge in [0.25, 0.3) is 0 Å². The summed E-state index contributed by atoms with van der Waals surface area (Å²) < 4.78 is 5.79. The topological polar surface area (TPSA) is 51.2 Å². The molecule has 1 saturated heterocycles. The fourth-order valence-electron chi connectivity index (χ4n) is 2.67. The van der Waals surface area contributed by atoms with Crippen LogP contribution in [0.15, 0.2) is 36.5 Å². The Balaban J connectivity index is 1.56. The second-order valence-corrected chi connectivity index (χ2v) is 5.40. The maximum Gasteiger partial charge on any atom is 0.165 e. The van der Waals surface area contributed by atoms with Gasteiger partial charge >= 0.3 is 0 Å². The summed E-state index contributed by atoms with van der Waals surface area (Å²) in [5.74, 6) is 0.134. The van der Waals surface area contributed by atoms with Gasteiger partial charge in [-0.05, 0) is 50.2 Å². The molecular weight excluding hydrogens is 264 g/mol. The molecule has 110 valence electrons. The third-order valence-corrected chi connectivity index (χ3v) is 3.89. The van der Waals surface area contributed by atoms with Gasteiger partial charge in [-0.3, -0.25) is 9.78 Å². The number of carbonyl (C=O) groups excluding carboxylic acids is 1. The van der Waals surface area contributed by atoms with Gasteiger partial charge in [-0.2, -0.15) is 0 Å². The summed E-state index contributed by atoms with van der Waals surface area (Å²) in [5.41, 5.74) is 1.66. The maximum atomic E-state index is 12.2. The van der Waals surface area contributed by atoms with Gasteiger partial charge in [-0.1, -0.05) is 6.07 Å². The molecule has 0 unspecified atom stereocenters. The van der Waals surface area contributed by atoms with Crippen molar-refractivity contribution in [3.8, 4) is 0 Å². The van der Waals surface area contributed by atoms with E-state index in [1.165, 1.54) is 0 Å². The van der Waals surface area contributed by atoms with Crippen molar-refractivity contribution in [2.45, 2.75) is 25.4 Å². The molecule has 1 N–H and O–H groups in total. The Bertz CT molecular complexity index is 621. The molecule has 1 aliphatic heterocycles. The molecule has 0 atom stereocenters. The first-order valence-corrected chi connectivity index (χ1v) is 7.53. The van der Waals surface area contributed by atoms with Crippen molar-refractivity contribution in [1.82, 2.24) is 10.3 Å². The van der Waals surface area contributed by atoms with Gasteiger partial charge in [0.1, 0.15) is 0 Å². The maximum absolute atomic E-state index is 12.2. The van der Waals surface area contributed by atoms with Crippen LogP contribution < -0.4 is 5.32 Å². The van der Waals surface area contributed by atoms with Crippen LogP contribution in [0, 0.1) is 0 Å². The molecule has 1 fully saturated rings. The van der Waals surface area contributed by atoms with Crippen LogP contribution in [-0.4, -0.2) is 36.6 Å². The Morgan fingerprint density at radius 1 is 1.29 bits per heavy atom. The normalized spacial score (nSPS) is 16.2. The van der Waals surface area contributed by atoms with Crippen LogP contribution in [0.3, 0.4) is 0 Å². The minimum absolute atomic E-state index is 0.134. The lowest BCUT2D eigenvalue weighted by Gasteiger charge is -2.22. The number of rotatable bonds is 5. The van der Waals surface area contributed by atoms with Crippen LogP contribution in [0.1, 0.15) is 29.6 Å². The first kappa shape index (κ1) is 14.2. The number of carbonyl (C=O) groups is 1. The minimum Gasteiger partial charge on any atom is -0.378 e. The number of hydrogen-bond acceptors (Lipinski definition) is 4. The van der Waals surface area contributed by atoms with Crippen LogP contribution in [0.4, 0.5) is 0 Å². The molecule has 2 aromatic rings. The molecule has 3 rings (SSSR count). The molecule has 0 bridgehead atoms. The third kappa shape index (κ3) is 3.65. The SMILES string of the molecule is O=C(CCOC1CCNCC1)c1ccc2ncccc2c1. The summed E-state index contributed by atoms with van der Waals surface area (Å²) in [4.78, 5) is 16.5. The van der Waals surface area contributed by atoms with Crippen LogP contribution in [0.2, 0.25) is 0 Å². The van der Waals surface area contributed by atoms with E-state index in [1.807, 2.05) is 30.3 Å². The number of fused-ring (bicyclic) bond motifs is 1. The van der Waals surface area contributed by atoms with Gasteiger partial charge in [-0.25, -0.2) is 0 Å². The predicted octanol–water partition coefficient (Wildman–Crippen LogP) is 2.58. The second kappa shape index (κ2) is 6.78. The first-order chi connectivity index (χ1) is 10.3. The number of Topliss-reactive ketones (excluding diaryl/α,β-unsaturated/α-hetero) is 1. The number of ether oxygens (including phenoxy) is 1. The van der Waals surface area contributed by atoms with Gasteiger partial charge in [0.15, 0.2) is 5.78 Å². The monoisotopic (exact) mass is 284 g/mol. The van der Waals surface area contributed by atoms with E-state index in [9.17, 15) is 4.79 Å². The van der Waals surface area contributed by atoms with Crippen LogP contribution >= 0.6 is 0 Å². The van der Waals surface area contributed by atoms with E-state index in [4.69, 9.17) is 4.74 Å². The number of ketones is 1. The number of pyridine rings is 1. The Kier molecular flexibility index (Phi) is 4.58. The van der Waals surface area contributed by atoms with Crippen LogP contribution in [-0.2, 0) is 4.74 Å². The second-order valence-electron chi connectivity index (χ2n) is 5.40. The van der Waals surface area contributed by atoms with Crippen molar-refractivity contribution >= 4 is 16.7 Å². The zero-order chi connectivity index (χ0) is 14.5. The molecule has 0 aliphatic carbocycles. The fraction of sp³-hybridized carbons (Fsp3) is 0.412. The van der Waals surface area contributed by atoms with E-state index in [0.29, 0.717) is 19.1 Å². The van der Waals surface area contributed by atoms with Crippen molar-refractivity contribution in [3.63, 3.8) is 0 Å². The molecule has 1 aliphatic rings. The van der Waals surface area contributed by atoms with Gasteiger partial charge < -0.3 is 10.1 Å². The van der Waals surface area contributed by atoms with Crippen LogP contribution in [0.5, 0.6) is 0 Å². The van der Waals surface area contributed by atoms with Crippen molar-refractivity contribution in [2.24, 2.45) is 0 Å². The molecule has 0 spiro atoms. The number of nitrogens with one attached hydrogen (secondary N) is 1. The average molecular weight is 284 g/mol. The number of hydrogen-bond donors (Lipinski definition) is 1. The smallest absolute Gasteiger partial charge is 0.165 e. The highest BCUT2D eigenvalue weighted by molar-refractivity contribution is 5.99. The van der Waals surface area contributed by atoms with E-state index in [1.54, 1.807) is 6.20 Å². The Hall–Kier alpha value is -1.78.